The molecule has 1 aliphatic rings. The zero-order valence-electron chi connectivity index (χ0n) is 22.3. The number of nitrogens with zero attached hydrogens (tertiary/aromatic N) is 1. The van der Waals surface area contributed by atoms with Gasteiger partial charge in [0, 0.05) is 38.0 Å². The second-order valence-electron chi connectivity index (χ2n) is 10.2. The van der Waals surface area contributed by atoms with E-state index in [0.717, 1.165) is 84.1 Å². The minimum absolute atomic E-state index is 0.304. The summed E-state index contributed by atoms with van der Waals surface area (Å²) >= 11 is 7.09. The van der Waals surface area contributed by atoms with Crippen molar-refractivity contribution in [1.82, 2.24) is 0 Å². The largest absolute Gasteiger partial charge is 0.494 e. The molecule has 0 unspecified atom stereocenters. The highest BCUT2D eigenvalue weighted by atomic mass is 79.9. The van der Waals surface area contributed by atoms with Gasteiger partial charge in [-0.3, -0.25) is 0 Å². The van der Waals surface area contributed by atoms with Crippen molar-refractivity contribution < 1.29 is 14.2 Å². The smallest absolute Gasteiger partial charge is 0.119 e. The SMILES string of the molecule is CCC1(COCCCCCCCCOc2ccc(N(c3ccc(Br)cc3)c3ccc(Br)cc3)cc2)COC1. The predicted molar refractivity (Wildman–Crippen MR) is 164 cm³/mol. The molecule has 1 heterocycles. The van der Waals surface area contributed by atoms with Crippen molar-refractivity contribution in [3.05, 3.63) is 81.7 Å². The zero-order chi connectivity index (χ0) is 26.6. The molecule has 0 bridgehead atoms. The fraction of sp³-hybridized carbons (Fsp3) is 0.438. The first-order chi connectivity index (χ1) is 18.6. The number of halogens is 2. The van der Waals surface area contributed by atoms with Gasteiger partial charge in [-0.1, -0.05) is 64.5 Å². The van der Waals surface area contributed by atoms with Crippen molar-refractivity contribution in [2.24, 2.45) is 5.41 Å². The van der Waals surface area contributed by atoms with Gasteiger partial charge in [0.1, 0.15) is 5.75 Å². The molecular formula is C32H39Br2NO3. The normalized spacial score (nSPS) is 14.2. The summed E-state index contributed by atoms with van der Waals surface area (Å²) in [7, 11) is 0. The molecule has 0 saturated carbocycles. The number of benzene rings is 3. The van der Waals surface area contributed by atoms with E-state index in [4.69, 9.17) is 14.2 Å². The van der Waals surface area contributed by atoms with E-state index in [9.17, 15) is 0 Å². The van der Waals surface area contributed by atoms with Crippen LogP contribution in [0.1, 0.15) is 51.9 Å². The lowest BCUT2D eigenvalue weighted by Crippen LogP contribution is -2.45. The topological polar surface area (TPSA) is 30.9 Å². The molecular weight excluding hydrogens is 606 g/mol. The molecule has 0 aromatic heterocycles. The van der Waals surface area contributed by atoms with Crippen molar-refractivity contribution in [1.29, 1.82) is 0 Å². The Labute approximate surface area is 244 Å². The maximum absolute atomic E-state index is 6.04. The Balaban J connectivity index is 1.15. The Kier molecular flexibility index (Phi) is 11.5. The second kappa shape index (κ2) is 15.1. The molecule has 4 nitrogen and oxygen atoms in total. The summed E-state index contributed by atoms with van der Waals surface area (Å²) in [6, 6.07) is 25.2. The van der Waals surface area contributed by atoms with Gasteiger partial charge in [-0.25, -0.2) is 0 Å². The number of unbranched alkanes of at least 4 members (excludes halogenated alkanes) is 5. The average molecular weight is 645 g/mol. The van der Waals surface area contributed by atoms with Crippen LogP contribution in [-0.2, 0) is 9.47 Å². The molecule has 0 aliphatic carbocycles. The summed E-state index contributed by atoms with van der Waals surface area (Å²) in [5, 5.41) is 0. The molecule has 0 radical (unpaired) electrons. The van der Waals surface area contributed by atoms with Gasteiger partial charge in [0.15, 0.2) is 0 Å². The van der Waals surface area contributed by atoms with Gasteiger partial charge in [-0.2, -0.15) is 0 Å². The maximum Gasteiger partial charge on any atom is 0.119 e. The summed E-state index contributed by atoms with van der Waals surface area (Å²) in [4.78, 5) is 2.25. The van der Waals surface area contributed by atoms with Crippen LogP contribution in [0, 0.1) is 5.41 Å². The van der Waals surface area contributed by atoms with Crippen molar-refractivity contribution in [3.63, 3.8) is 0 Å². The minimum Gasteiger partial charge on any atom is -0.494 e. The van der Waals surface area contributed by atoms with Gasteiger partial charge in [0.25, 0.3) is 0 Å². The maximum atomic E-state index is 6.04. The first kappa shape index (κ1) is 29.1. The van der Waals surface area contributed by atoms with E-state index in [1.165, 1.54) is 25.7 Å². The summed E-state index contributed by atoms with van der Waals surface area (Å²) in [6.45, 7) is 6.45. The Hall–Kier alpha value is -1.86. The third-order valence-electron chi connectivity index (χ3n) is 7.19. The summed E-state index contributed by atoms with van der Waals surface area (Å²) < 4.78 is 19.4. The van der Waals surface area contributed by atoms with Crippen LogP contribution in [0.3, 0.4) is 0 Å². The van der Waals surface area contributed by atoms with Crippen LogP contribution >= 0.6 is 31.9 Å². The van der Waals surface area contributed by atoms with Gasteiger partial charge in [0.2, 0.25) is 0 Å². The fourth-order valence-electron chi connectivity index (χ4n) is 4.59. The number of hydrogen-bond acceptors (Lipinski definition) is 4. The highest BCUT2D eigenvalue weighted by molar-refractivity contribution is 9.10. The number of hydrogen-bond donors (Lipinski definition) is 0. The van der Waals surface area contributed by atoms with Gasteiger partial charge < -0.3 is 19.1 Å². The highest BCUT2D eigenvalue weighted by Crippen LogP contribution is 2.36. The Morgan fingerprint density at radius 1 is 0.684 bits per heavy atom. The lowest BCUT2D eigenvalue weighted by Gasteiger charge is -2.40. The first-order valence-electron chi connectivity index (χ1n) is 13.8. The zero-order valence-corrected chi connectivity index (χ0v) is 25.5. The van der Waals surface area contributed by atoms with Crippen LogP contribution in [0.5, 0.6) is 5.75 Å². The summed E-state index contributed by atoms with van der Waals surface area (Å²) in [6.07, 6.45) is 8.35. The van der Waals surface area contributed by atoms with Crippen molar-refractivity contribution in [3.8, 4) is 5.75 Å². The van der Waals surface area contributed by atoms with E-state index in [2.05, 4.69) is 116 Å². The van der Waals surface area contributed by atoms with E-state index >= 15 is 0 Å². The monoisotopic (exact) mass is 643 g/mol. The first-order valence-corrected chi connectivity index (χ1v) is 15.4. The minimum atomic E-state index is 0.304. The fourth-order valence-corrected chi connectivity index (χ4v) is 5.12. The van der Waals surface area contributed by atoms with Crippen LogP contribution < -0.4 is 9.64 Å². The molecule has 4 rings (SSSR count). The van der Waals surface area contributed by atoms with Crippen LogP contribution in [0.15, 0.2) is 81.7 Å². The summed E-state index contributed by atoms with van der Waals surface area (Å²) in [5.41, 5.74) is 3.61. The molecule has 38 heavy (non-hydrogen) atoms. The molecule has 6 heteroatoms. The Morgan fingerprint density at radius 3 is 1.63 bits per heavy atom. The van der Waals surface area contributed by atoms with E-state index < -0.39 is 0 Å². The molecule has 0 N–H and O–H groups in total. The molecule has 1 aliphatic heterocycles. The lowest BCUT2D eigenvalue weighted by atomic mass is 9.84. The molecule has 1 fully saturated rings. The Bertz CT molecular complexity index is 1030. The molecule has 0 spiro atoms. The van der Waals surface area contributed by atoms with Crippen molar-refractivity contribution >= 4 is 48.9 Å². The molecule has 0 atom stereocenters. The third kappa shape index (κ3) is 8.57. The van der Waals surface area contributed by atoms with E-state index in [-0.39, 0.29) is 0 Å². The molecule has 0 amide bonds. The van der Waals surface area contributed by atoms with Gasteiger partial charge in [-0.05, 0) is 92.1 Å². The summed E-state index contributed by atoms with van der Waals surface area (Å²) in [5.74, 6) is 0.916. The third-order valence-corrected chi connectivity index (χ3v) is 8.25. The number of rotatable bonds is 16. The molecule has 3 aromatic rings. The Morgan fingerprint density at radius 2 is 1.16 bits per heavy atom. The van der Waals surface area contributed by atoms with Crippen LogP contribution in [0.2, 0.25) is 0 Å². The van der Waals surface area contributed by atoms with Crippen molar-refractivity contribution in [2.45, 2.75) is 51.9 Å². The van der Waals surface area contributed by atoms with E-state index in [0.29, 0.717) is 5.41 Å². The number of ether oxygens (including phenoxy) is 3. The van der Waals surface area contributed by atoms with Crippen molar-refractivity contribution in [2.75, 3.05) is 37.9 Å². The predicted octanol–water partition coefficient (Wildman–Crippen LogP) is 9.84. The van der Waals surface area contributed by atoms with Crippen LogP contribution in [0.25, 0.3) is 0 Å². The van der Waals surface area contributed by atoms with Gasteiger partial charge >= 0.3 is 0 Å². The molecule has 1 saturated heterocycles. The van der Waals surface area contributed by atoms with E-state index in [1.807, 2.05) is 0 Å². The second-order valence-corrected chi connectivity index (χ2v) is 12.0. The van der Waals surface area contributed by atoms with Gasteiger partial charge in [-0.15, -0.1) is 0 Å². The van der Waals surface area contributed by atoms with Gasteiger partial charge in [0.05, 0.1) is 26.4 Å². The van der Waals surface area contributed by atoms with Crippen LogP contribution in [-0.4, -0.2) is 33.0 Å². The molecule has 3 aromatic carbocycles. The average Bonchev–Trinajstić information content (AvgIpc) is 2.91. The standard InChI is InChI=1S/C32H39Br2NO3/c1-2-32(24-37-25-32)23-36-21-7-5-3-4-6-8-22-38-31-19-17-30(18-20-31)35(28-13-9-26(33)10-14-28)29-15-11-27(34)12-16-29/h9-20H,2-8,21-25H2,1H3. The number of anilines is 3. The lowest BCUT2D eigenvalue weighted by molar-refractivity contribution is -0.150. The highest BCUT2D eigenvalue weighted by Gasteiger charge is 2.36. The quantitative estimate of drug-likeness (QED) is 0.145. The van der Waals surface area contributed by atoms with Crippen LogP contribution in [0.4, 0.5) is 17.1 Å². The molecule has 204 valence electrons. The van der Waals surface area contributed by atoms with E-state index in [1.54, 1.807) is 0 Å².